The van der Waals surface area contributed by atoms with Crippen molar-refractivity contribution in [3.63, 3.8) is 0 Å². The molecule has 2 aliphatic rings. The Morgan fingerprint density at radius 1 is 1.22 bits per heavy atom. The summed E-state index contributed by atoms with van der Waals surface area (Å²) in [6.45, 7) is 7.48. The lowest BCUT2D eigenvalue weighted by molar-refractivity contribution is -0.146. The summed E-state index contributed by atoms with van der Waals surface area (Å²) in [6.07, 6.45) is 2.18. The Morgan fingerprint density at radius 3 is 2.56 bits per heavy atom. The van der Waals surface area contributed by atoms with Gasteiger partial charge >= 0.3 is 11.9 Å². The van der Waals surface area contributed by atoms with Gasteiger partial charge in [-0.15, -0.1) is 0 Å². The van der Waals surface area contributed by atoms with Gasteiger partial charge in [0.2, 0.25) is 0 Å². The van der Waals surface area contributed by atoms with Gasteiger partial charge in [-0.2, -0.15) is 0 Å². The van der Waals surface area contributed by atoms with Gasteiger partial charge in [0.1, 0.15) is 0 Å². The third kappa shape index (κ3) is 3.95. The highest BCUT2D eigenvalue weighted by Gasteiger charge is 2.30. The summed E-state index contributed by atoms with van der Waals surface area (Å²) in [5.41, 5.74) is 2.87. The molecular formula is C19H23N3O4S. The zero-order chi connectivity index (χ0) is 19.4. The lowest BCUT2D eigenvalue weighted by atomic mass is 10.1. The number of thioether (sulfide) groups is 1. The number of nitrogens with one attached hydrogen (secondary N) is 1. The van der Waals surface area contributed by atoms with Crippen LogP contribution in [-0.2, 0) is 25.5 Å². The average molecular weight is 389 g/mol. The molecular weight excluding hydrogens is 366 g/mol. The van der Waals surface area contributed by atoms with Crippen LogP contribution in [0.3, 0.4) is 0 Å². The summed E-state index contributed by atoms with van der Waals surface area (Å²) in [5.74, 6) is -1.40. The predicted octanol–water partition coefficient (Wildman–Crippen LogP) is 2.95. The van der Waals surface area contributed by atoms with Crippen LogP contribution in [0.1, 0.15) is 26.3 Å². The number of fused-ring (bicyclic) bond motifs is 3. The molecule has 27 heavy (non-hydrogen) atoms. The third-order valence-corrected chi connectivity index (χ3v) is 5.30. The fraction of sp³-hybridized carbons (Fsp3) is 0.421. The second-order valence-corrected chi connectivity index (χ2v) is 6.90. The van der Waals surface area contributed by atoms with Crippen LogP contribution in [0, 0.1) is 0 Å². The van der Waals surface area contributed by atoms with Crippen LogP contribution < -0.4 is 10.2 Å². The molecule has 0 bridgehead atoms. The van der Waals surface area contributed by atoms with E-state index >= 15 is 0 Å². The Kier molecular flexibility index (Phi) is 6.05. The molecule has 1 aromatic carbocycles. The summed E-state index contributed by atoms with van der Waals surface area (Å²) in [6, 6.07) is 4.17. The van der Waals surface area contributed by atoms with Crippen molar-refractivity contribution in [2.45, 2.75) is 32.1 Å². The fourth-order valence-corrected chi connectivity index (χ4v) is 4.06. The topological polar surface area (TPSA) is 80.2 Å². The molecule has 7 nitrogen and oxygen atoms in total. The van der Waals surface area contributed by atoms with Crippen molar-refractivity contribution < 1.29 is 19.1 Å². The van der Waals surface area contributed by atoms with Crippen molar-refractivity contribution in [3.8, 4) is 0 Å². The van der Waals surface area contributed by atoms with E-state index in [0.29, 0.717) is 0 Å². The Hall–Kier alpha value is -2.48. The van der Waals surface area contributed by atoms with Gasteiger partial charge < -0.3 is 19.7 Å². The van der Waals surface area contributed by atoms with E-state index in [0.717, 1.165) is 41.6 Å². The summed E-state index contributed by atoms with van der Waals surface area (Å²) in [4.78, 5) is 32.1. The third-order valence-electron chi connectivity index (χ3n) is 4.22. The standard InChI is InChI=1S/C19H23N3O4S/c1-4-12-9-16-15(22-8-7-20-19(22)27-16)10-14(12)21-11-13(17(23)25-5-2)18(24)26-6-3/h9-11,21H,4-8H2,1-3H3. The molecule has 0 unspecified atom stereocenters. The second kappa shape index (κ2) is 8.47. The molecule has 0 saturated carbocycles. The lowest BCUT2D eigenvalue weighted by Crippen LogP contribution is -2.21. The molecule has 0 aromatic heterocycles. The van der Waals surface area contributed by atoms with Crippen molar-refractivity contribution in [2.75, 3.05) is 36.5 Å². The monoisotopic (exact) mass is 389 g/mol. The smallest absolute Gasteiger partial charge is 0.347 e. The summed E-state index contributed by atoms with van der Waals surface area (Å²) in [5, 5.41) is 4.14. The van der Waals surface area contributed by atoms with E-state index in [2.05, 4.69) is 28.2 Å². The first-order valence-electron chi connectivity index (χ1n) is 9.06. The first-order chi connectivity index (χ1) is 13.1. The molecule has 144 valence electrons. The molecule has 0 amide bonds. The van der Waals surface area contributed by atoms with Crippen LogP contribution in [0.25, 0.3) is 0 Å². The molecule has 0 fully saturated rings. The van der Waals surface area contributed by atoms with E-state index in [9.17, 15) is 9.59 Å². The molecule has 0 radical (unpaired) electrons. The van der Waals surface area contributed by atoms with Crippen molar-refractivity contribution in [1.29, 1.82) is 0 Å². The Morgan fingerprint density at radius 2 is 1.93 bits per heavy atom. The van der Waals surface area contributed by atoms with Crippen LogP contribution in [0.4, 0.5) is 11.4 Å². The van der Waals surface area contributed by atoms with Gasteiger partial charge in [0.25, 0.3) is 0 Å². The SMILES string of the molecule is CCOC(=O)C(=CNc1cc2c(cc1CC)SC1=NCCN12)C(=O)OCC. The van der Waals surface area contributed by atoms with Crippen molar-refractivity contribution in [1.82, 2.24) is 0 Å². The highest BCUT2D eigenvalue weighted by Crippen LogP contribution is 2.44. The normalized spacial score (nSPS) is 14.2. The first kappa shape index (κ1) is 19.3. The van der Waals surface area contributed by atoms with E-state index in [4.69, 9.17) is 9.47 Å². The maximum atomic E-state index is 12.1. The van der Waals surface area contributed by atoms with Crippen molar-refractivity contribution in [3.05, 3.63) is 29.5 Å². The molecule has 1 aromatic rings. The van der Waals surface area contributed by atoms with E-state index < -0.39 is 11.9 Å². The number of anilines is 2. The molecule has 0 saturated heterocycles. The number of amidine groups is 1. The van der Waals surface area contributed by atoms with Gasteiger partial charge in [0, 0.05) is 23.3 Å². The van der Waals surface area contributed by atoms with Crippen molar-refractivity contribution >= 4 is 40.2 Å². The molecule has 3 rings (SSSR count). The minimum Gasteiger partial charge on any atom is -0.462 e. The minimum absolute atomic E-state index is 0.154. The number of hydrogen-bond donors (Lipinski definition) is 1. The van der Waals surface area contributed by atoms with Gasteiger partial charge in [-0.3, -0.25) is 4.99 Å². The van der Waals surface area contributed by atoms with E-state index in [-0.39, 0.29) is 18.8 Å². The van der Waals surface area contributed by atoms with E-state index in [1.165, 1.54) is 11.1 Å². The molecule has 2 aliphatic heterocycles. The highest BCUT2D eigenvalue weighted by molar-refractivity contribution is 8.14. The van der Waals surface area contributed by atoms with Crippen molar-refractivity contribution in [2.24, 2.45) is 4.99 Å². The number of carbonyl (C=O) groups is 2. The number of carbonyl (C=O) groups excluding carboxylic acids is 2. The van der Waals surface area contributed by atoms with Gasteiger partial charge in [-0.1, -0.05) is 6.92 Å². The van der Waals surface area contributed by atoms with Gasteiger partial charge in [-0.25, -0.2) is 9.59 Å². The number of ether oxygens (including phenoxy) is 2. The Balaban J connectivity index is 1.90. The Bertz CT molecular complexity index is 799. The summed E-state index contributed by atoms with van der Waals surface area (Å²) >= 11 is 1.68. The largest absolute Gasteiger partial charge is 0.462 e. The number of rotatable bonds is 7. The molecule has 2 heterocycles. The fourth-order valence-electron chi connectivity index (χ4n) is 2.93. The number of esters is 2. The quantitative estimate of drug-likeness (QED) is 0.332. The zero-order valence-electron chi connectivity index (χ0n) is 15.7. The summed E-state index contributed by atoms with van der Waals surface area (Å²) < 4.78 is 9.94. The van der Waals surface area contributed by atoms with Crippen LogP contribution >= 0.6 is 11.8 Å². The van der Waals surface area contributed by atoms with Crippen LogP contribution in [0.15, 0.2) is 33.8 Å². The molecule has 0 spiro atoms. The highest BCUT2D eigenvalue weighted by atomic mass is 32.2. The zero-order valence-corrected chi connectivity index (χ0v) is 16.5. The number of hydrogen-bond acceptors (Lipinski definition) is 8. The summed E-state index contributed by atoms with van der Waals surface area (Å²) in [7, 11) is 0. The predicted molar refractivity (Wildman–Crippen MR) is 106 cm³/mol. The lowest BCUT2D eigenvalue weighted by Gasteiger charge is -2.16. The van der Waals surface area contributed by atoms with Crippen LogP contribution in [-0.4, -0.2) is 43.4 Å². The molecule has 0 atom stereocenters. The molecule has 1 N–H and O–H groups in total. The maximum absolute atomic E-state index is 12.1. The van der Waals surface area contributed by atoms with E-state index in [1.807, 2.05) is 6.07 Å². The van der Waals surface area contributed by atoms with Crippen LogP contribution in [0.2, 0.25) is 0 Å². The van der Waals surface area contributed by atoms with Crippen LogP contribution in [0.5, 0.6) is 0 Å². The number of aliphatic imine (C=N–C) groups is 1. The molecule has 0 aliphatic carbocycles. The minimum atomic E-state index is -0.702. The second-order valence-electron chi connectivity index (χ2n) is 5.89. The van der Waals surface area contributed by atoms with E-state index in [1.54, 1.807) is 25.6 Å². The van der Waals surface area contributed by atoms with Gasteiger partial charge in [0.05, 0.1) is 25.4 Å². The van der Waals surface area contributed by atoms with Gasteiger partial charge in [0.15, 0.2) is 10.7 Å². The molecule has 8 heteroatoms. The first-order valence-corrected chi connectivity index (χ1v) is 9.88. The Labute approximate surface area is 162 Å². The van der Waals surface area contributed by atoms with Gasteiger partial charge in [-0.05, 0) is 49.7 Å². The maximum Gasteiger partial charge on any atom is 0.347 e. The number of aryl methyl sites for hydroxylation is 1. The number of nitrogens with zero attached hydrogens (tertiary/aromatic N) is 2. The number of benzene rings is 1. The average Bonchev–Trinajstić information content (AvgIpc) is 3.22.